The Labute approximate surface area is 135 Å². The van der Waals surface area contributed by atoms with Crippen molar-refractivity contribution >= 4 is 67.2 Å². The van der Waals surface area contributed by atoms with Crippen molar-refractivity contribution in [3.05, 3.63) is 51.0 Å². The zero-order chi connectivity index (χ0) is 14.3. The molecule has 0 saturated carbocycles. The number of hydrogen-bond donors (Lipinski definition) is 1. The Hall–Kier alpha value is -1.000. The summed E-state index contributed by atoms with van der Waals surface area (Å²) in [5, 5.41) is 5.35. The molecule has 0 unspecified atom stereocenters. The van der Waals surface area contributed by atoms with Crippen LogP contribution in [0.25, 0.3) is 10.2 Å². The van der Waals surface area contributed by atoms with Gasteiger partial charge < -0.3 is 5.32 Å². The fourth-order valence-electron chi connectivity index (χ4n) is 1.85. The Morgan fingerprint density at radius 1 is 1.05 bits per heavy atom. The molecule has 20 heavy (non-hydrogen) atoms. The summed E-state index contributed by atoms with van der Waals surface area (Å²) in [4.78, 5) is 4.51. The molecule has 0 spiro atoms. The number of nitrogens with one attached hydrogen (secondary N) is 1. The third-order valence-corrected chi connectivity index (χ3v) is 4.53. The molecule has 2 aromatic carbocycles. The molecule has 1 N–H and O–H groups in total. The van der Waals surface area contributed by atoms with Gasteiger partial charge in [0.05, 0.1) is 25.9 Å². The monoisotopic (exact) mass is 342 g/mol. The lowest BCUT2D eigenvalue weighted by molar-refractivity contribution is 1.43. The van der Waals surface area contributed by atoms with E-state index in [1.54, 1.807) is 23.5 Å². The van der Waals surface area contributed by atoms with Gasteiger partial charge in [0.1, 0.15) is 0 Å². The highest BCUT2D eigenvalue weighted by atomic mass is 35.5. The van der Waals surface area contributed by atoms with Gasteiger partial charge in [0.15, 0.2) is 5.13 Å². The molecule has 0 fully saturated rings. The average Bonchev–Trinajstić information content (AvgIpc) is 2.75. The lowest BCUT2D eigenvalue weighted by atomic mass is 10.2. The van der Waals surface area contributed by atoms with Crippen molar-refractivity contribution in [2.24, 2.45) is 0 Å². The maximum atomic E-state index is 6.15. The van der Waals surface area contributed by atoms with Gasteiger partial charge in [0.2, 0.25) is 0 Å². The maximum absolute atomic E-state index is 6.15. The van der Waals surface area contributed by atoms with Crippen molar-refractivity contribution in [1.29, 1.82) is 0 Å². The second kappa shape index (κ2) is 5.41. The number of halogens is 3. The van der Waals surface area contributed by atoms with E-state index in [1.807, 2.05) is 12.1 Å². The predicted octanol–water partition coefficient (Wildman–Crippen LogP) is 6.31. The first-order valence-corrected chi connectivity index (χ1v) is 7.77. The van der Waals surface area contributed by atoms with E-state index in [0.29, 0.717) is 20.8 Å². The molecule has 0 radical (unpaired) electrons. The Balaban J connectivity index is 2.01. The van der Waals surface area contributed by atoms with Gasteiger partial charge in [-0.1, -0.05) is 52.2 Å². The first-order valence-electron chi connectivity index (χ1n) is 5.82. The third kappa shape index (κ3) is 2.72. The second-order valence-electron chi connectivity index (χ2n) is 4.36. The van der Waals surface area contributed by atoms with Crippen LogP contribution in [0.4, 0.5) is 10.8 Å². The van der Waals surface area contributed by atoms with Gasteiger partial charge in [0.25, 0.3) is 0 Å². The van der Waals surface area contributed by atoms with Gasteiger partial charge in [-0.25, -0.2) is 4.98 Å². The van der Waals surface area contributed by atoms with Crippen LogP contribution < -0.4 is 5.32 Å². The first kappa shape index (κ1) is 14.0. The Morgan fingerprint density at radius 3 is 2.45 bits per heavy atom. The molecule has 2 nitrogen and oxygen atoms in total. The summed E-state index contributed by atoms with van der Waals surface area (Å²) in [5.41, 5.74) is 2.77. The van der Waals surface area contributed by atoms with Gasteiger partial charge in [-0.2, -0.15) is 0 Å². The van der Waals surface area contributed by atoms with E-state index in [0.717, 1.165) is 15.3 Å². The van der Waals surface area contributed by atoms with E-state index in [4.69, 9.17) is 34.8 Å². The smallest absolute Gasteiger partial charge is 0.188 e. The minimum atomic E-state index is 0.470. The highest BCUT2D eigenvalue weighted by Gasteiger charge is 2.11. The summed E-state index contributed by atoms with van der Waals surface area (Å²) < 4.78 is 1.12. The van der Waals surface area contributed by atoms with Crippen LogP contribution in [0, 0.1) is 6.92 Å². The van der Waals surface area contributed by atoms with Crippen molar-refractivity contribution in [1.82, 2.24) is 4.98 Å². The number of rotatable bonds is 2. The van der Waals surface area contributed by atoms with Crippen molar-refractivity contribution in [2.45, 2.75) is 6.92 Å². The van der Waals surface area contributed by atoms with Crippen molar-refractivity contribution in [3.8, 4) is 0 Å². The quantitative estimate of drug-likeness (QED) is 0.590. The number of aryl methyl sites for hydroxylation is 1. The normalized spacial score (nSPS) is 11.0. The van der Waals surface area contributed by atoms with Gasteiger partial charge in [0, 0.05) is 5.02 Å². The van der Waals surface area contributed by atoms with E-state index < -0.39 is 0 Å². The van der Waals surface area contributed by atoms with Gasteiger partial charge in [-0.3, -0.25) is 0 Å². The van der Waals surface area contributed by atoms with Crippen LogP contribution in [0.3, 0.4) is 0 Å². The Morgan fingerprint density at radius 2 is 1.75 bits per heavy atom. The summed E-state index contributed by atoms with van der Waals surface area (Å²) in [6.07, 6.45) is 0. The van der Waals surface area contributed by atoms with Crippen LogP contribution in [0.2, 0.25) is 15.1 Å². The Bertz CT molecular complexity index is 775. The number of aromatic nitrogens is 1. The summed E-state index contributed by atoms with van der Waals surface area (Å²) >= 11 is 19.8. The zero-order valence-electron chi connectivity index (χ0n) is 10.4. The molecule has 0 bridgehead atoms. The largest absolute Gasteiger partial charge is 0.329 e. The average molecular weight is 344 g/mol. The van der Waals surface area contributed by atoms with Gasteiger partial charge >= 0.3 is 0 Å². The minimum Gasteiger partial charge on any atom is -0.329 e. The highest BCUT2D eigenvalue weighted by Crippen LogP contribution is 2.37. The predicted molar refractivity (Wildman–Crippen MR) is 89.1 cm³/mol. The molecule has 3 aromatic rings. The van der Waals surface area contributed by atoms with Crippen molar-refractivity contribution in [2.75, 3.05) is 5.32 Å². The van der Waals surface area contributed by atoms with E-state index in [-0.39, 0.29) is 0 Å². The molecule has 0 saturated heterocycles. The molecule has 1 heterocycles. The molecular formula is C14H9Cl3N2S. The van der Waals surface area contributed by atoms with Crippen molar-refractivity contribution in [3.63, 3.8) is 0 Å². The maximum Gasteiger partial charge on any atom is 0.188 e. The van der Waals surface area contributed by atoms with Crippen LogP contribution in [-0.4, -0.2) is 4.98 Å². The zero-order valence-corrected chi connectivity index (χ0v) is 13.5. The van der Waals surface area contributed by atoms with Crippen LogP contribution in [-0.2, 0) is 0 Å². The van der Waals surface area contributed by atoms with E-state index in [1.165, 1.54) is 5.56 Å². The number of hydrogen-bond acceptors (Lipinski definition) is 3. The molecule has 3 rings (SSSR count). The fourth-order valence-corrected chi connectivity index (χ4v) is 3.73. The van der Waals surface area contributed by atoms with Crippen LogP contribution in [0.1, 0.15) is 5.56 Å². The SMILES string of the molecule is Cc1ccc2nc(Nc3c(Cl)cc(Cl)cc3Cl)sc2c1. The second-order valence-corrected chi connectivity index (χ2v) is 6.64. The first-order chi connectivity index (χ1) is 9.52. The topological polar surface area (TPSA) is 24.9 Å². The molecule has 102 valence electrons. The van der Waals surface area contributed by atoms with E-state index >= 15 is 0 Å². The summed E-state index contributed by atoms with van der Waals surface area (Å²) in [6, 6.07) is 9.43. The molecular weight excluding hydrogens is 335 g/mol. The van der Waals surface area contributed by atoms with Crippen LogP contribution in [0.15, 0.2) is 30.3 Å². The van der Waals surface area contributed by atoms with E-state index in [9.17, 15) is 0 Å². The lowest BCUT2D eigenvalue weighted by Gasteiger charge is -2.07. The molecule has 0 amide bonds. The minimum absolute atomic E-state index is 0.470. The fraction of sp³-hybridized carbons (Fsp3) is 0.0714. The summed E-state index contributed by atoms with van der Waals surface area (Å²) in [7, 11) is 0. The number of nitrogens with zero attached hydrogens (tertiary/aromatic N) is 1. The standard InChI is InChI=1S/C14H9Cl3N2S/c1-7-2-3-11-12(4-7)20-14(18-11)19-13-9(16)5-8(15)6-10(13)17/h2-6H,1H3,(H,18,19). The number of fused-ring (bicyclic) bond motifs is 1. The summed E-state index contributed by atoms with van der Waals surface area (Å²) in [6.45, 7) is 2.05. The Kier molecular flexibility index (Phi) is 3.78. The number of benzene rings is 2. The van der Waals surface area contributed by atoms with Crippen LogP contribution >= 0.6 is 46.1 Å². The van der Waals surface area contributed by atoms with Gasteiger partial charge in [-0.05, 0) is 36.8 Å². The summed E-state index contributed by atoms with van der Waals surface area (Å²) in [5.74, 6) is 0. The van der Waals surface area contributed by atoms with Crippen molar-refractivity contribution < 1.29 is 0 Å². The molecule has 0 aliphatic carbocycles. The highest BCUT2D eigenvalue weighted by molar-refractivity contribution is 7.22. The lowest BCUT2D eigenvalue weighted by Crippen LogP contribution is -1.91. The molecule has 0 aliphatic heterocycles. The third-order valence-electron chi connectivity index (χ3n) is 2.78. The number of thiazole rings is 1. The van der Waals surface area contributed by atoms with E-state index in [2.05, 4.69) is 23.3 Å². The molecule has 0 aliphatic rings. The van der Waals surface area contributed by atoms with Gasteiger partial charge in [-0.15, -0.1) is 0 Å². The number of anilines is 2. The molecule has 0 atom stereocenters. The molecule has 6 heteroatoms. The molecule has 1 aromatic heterocycles. The van der Waals surface area contributed by atoms with Crippen LogP contribution in [0.5, 0.6) is 0 Å².